The summed E-state index contributed by atoms with van der Waals surface area (Å²) in [5, 5.41) is 3.24. The van der Waals surface area contributed by atoms with Gasteiger partial charge < -0.3 is 15.0 Å². The number of rotatable bonds is 4. The molecular weight excluding hydrogens is 279 g/mol. The number of nitrogens with zero attached hydrogens (tertiary/aromatic N) is 2. The number of benzene rings is 1. The van der Waals surface area contributed by atoms with Gasteiger partial charge in [0.15, 0.2) is 6.61 Å². The Bertz CT molecular complexity index is 607. The molecule has 0 aliphatic carbocycles. The summed E-state index contributed by atoms with van der Waals surface area (Å²) in [6.45, 7) is -0.292. The Morgan fingerprint density at radius 2 is 1.95 bits per heavy atom. The van der Waals surface area contributed by atoms with Crippen molar-refractivity contribution in [1.82, 2.24) is 10.1 Å². The van der Waals surface area contributed by atoms with E-state index in [-0.39, 0.29) is 12.4 Å². The average molecular weight is 287 g/mol. The van der Waals surface area contributed by atoms with Crippen molar-refractivity contribution in [1.29, 1.82) is 0 Å². The number of carbonyl (C=O) groups excluding carboxylic acids is 1. The number of ether oxygens (including phenoxy) is 1. The lowest BCUT2D eigenvalue weighted by molar-refractivity contribution is -0.159. The average Bonchev–Trinajstić information content (AvgIpc) is 2.86. The second-order valence-corrected chi connectivity index (χ2v) is 3.70. The van der Waals surface area contributed by atoms with Gasteiger partial charge in [-0.3, -0.25) is 4.79 Å². The minimum atomic E-state index is -4.68. The highest BCUT2D eigenvalue weighted by atomic mass is 19.4. The Labute approximate surface area is 110 Å². The number of hydrogen-bond acceptors (Lipinski definition) is 5. The van der Waals surface area contributed by atoms with Crippen LogP contribution in [0.5, 0.6) is 5.75 Å². The SMILES string of the molecule is NC(=O)COc1ccc(-c2noc(C(F)(F)F)n2)cc1. The first-order valence-electron chi connectivity index (χ1n) is 5.28. The van der Waals surface area contributed by atoms with E-state index in [1.807, 2.05) is 0 Å². The summed E-state index contributed by atoms with van der Waals surface area (Å²) in [5.41, 5.74) is 5.22. The molecule has 1 amide bonds. The molecular formula is C11H8F3N3O3. The standard InChI is InChI=1S/C11H8F3N3O3/c12-11(13,14)10-16-9(17-20-10)6-1-3-7(4-2-6)19-5-8(15)18/h1-4H,5H2,(H2,15,18). The lowest BCUT2D eigenvalue weighted by Crippen LogP contribution is -2.19. The van der Waals surface area contributed by atoms with Gasteiger partial charge in [0.05, 0.1) is 0 Å². The van der Waals surface area contributed by atoms with Crippen LogP contribution in [-0.4, -0.2) is 22.7 Å². The third kappa shape index (κ3) is 3.25. The maximum atomic E-state index is 12.3. The molecule has 1 heterocycles. The van der Waals surface area contributed by atoms with E-state index in [0.717, 1.165) is 0 Å². The summed E-state index contributed by atoms with van der Waals surface area (Å²) in [7, 11) is 0. The minimum absolute atomic E-state index is 0.196. The van der Waals surface area contributed by atoms with Crippen molar-refractivity contribution in [3.05, 3.63) is 30.2 Å². The highest BCUT2D eigenvalue weighted by Crippen LogP contribution is 2.29. The Hall–Kier alpha value is -2.58. The molecule has 20 heavy (non-hydrogen) atoms. The molecule has 0 saturated carbocycles. The van der Waals surface area contributed by atoms with E-state index in [0.29, 0.717) is 11.3 Å². The fraction of sp³-hybridized carbons (Fsp3) is 0.182. The zero-order valence-electron chi connectivity index (χ0n) is 9.85. The molecule has 9 heteroatoms. The number of halogens is 3. The fourth-order valence-corrected chi connectivity index (χ4v) is 1.31. The van der Waals surface area contributed by atoms with E-state index in [1.54, 1.807) is 0 Å². The first kappa shape index (κ1) is 13.8. The number of carbonyl (C=O) groups is 1. The monoisotopic (exact) mass is 287 g/mol. The van der Waals surface area contributed by atoms with Gasteiger partial charge in [0.25, 0.3) is 5.91 Å². The van der Waals surface area contributed by atoms with Crippen molar-refractivity contribution in [2.75, 3.05) is 6.61 Å². The second kappa shape index (κ2) is 5.19. The summed E-state index contributed by atoms with van der Waals surface area (Å²) in [5.74, 6) is -1.91. The maximum absolute atomic E-state index is 12.3. The van der Waals surface area contributed by atoms with Crippen LogP contribution in [0.3, 0.4) is 0 Å². The third-order valence-corrected chi connectivity index (χ3v) is 2.16. The van der Waals surface area contributed by atoms with E-state index in [9.17, 15) is 18.0 Å². The van der Waals surface area contributed by atoms with Crippen molar-refractivity contribution in [2.45, 2.75) is 6.18 Å². The first-order chi connectivity index (χ1) is 9.36. The number of primary amides is 1. The van der Waals surface area contributed by atoms with E-state index in [4.69, 9.17) is 10.5 Å². The predicted molar refractivity (Wildman–Crippen MR) is 59.4 cm³/mol. The lowest BCUT2D eigenvalue weighted by atomic mass is 10.2. The van der Waals surface area contributed by atoms with Crippen LogP contribution in [0, 0.1) is 0 Å². The van der Waals surface area contributed by atoms with Gasteiger partial charge in [0.1, 0.15) is 5.75 Å². The Morgan fingerprint density at radius 3 is 2.45 bits per heavy atom. The molecule has 1 aromatic carbocycles. The molecule has 0 aliphatic heterocycles. The van der Waals surface area contributed by atoms with E-state index in [1.165, 1.54) is 24.3 Å². The van der Waals surface area contributed by atoms with Crippen LogP contribution in [0.25, 0.3) is 11.4 Å². The van der Waals surface area contributed by atoms with Crippen LogP contribution in [0.2, 0.25) is 0 Å². The van der Waals surface area contributed by atoms with Crippen molar-refractivity contribution < 1.29 is 27.2 Å². The van der Waals surface area contributed by atoms with Crippen molar-refractivity contribution in [2.24, 2.45) is 5.73 Å². The fourth-order valence-electron chi connectivity index (χ4n) is 1.31. The smallest absolute Gasteiger partial charge is 0.471 e. The van der Waals surface area contributed by atoms with Gasteiger partial charge in [0.2, 0.25) is 5.82 Å². The molecule has 1 aromatic heterocycles. The maximum Gasteiger partial charge on any atom is 0.471 e. The van der Waals surface area contributed by atoms with Gasteiger partial charge in [-0.2, -0.15) is 18.2 Å². The molecule has 2 rings (SSSR count). The van der Waals surface area contributed by atoms with Crippen molar-refractivity contribution in [3.8, 4) is 17.1 Å². The van der Waals surface area contributed by atoms with Crippen LogP contribution in [-0.2, 0) is 11.0 Å². The summed E-state index contributed by atoms with van der Waals surface area (Å²) < 4.78 is 46.0. The van der Waals surface area contributed by atoms with Crippen molar-refractivity contribution in [3.63, 3.8) is 0 Å². The molecule has 2 N–H and O–H groups in total. The van der Waals surface area contributed by atoms with E-state index >= 15 is 0 Å². The largest absolute Gasteiger partial charge is 0.484 e. The molecule has 0 saturated heterocycles. The summed E-state index contributed by atoms with van der Waals surface area (Å²) in [6, 6.07) is 5.76. The molecule has 6 nitrogen and oxygen atoms in total. The summed E-state index contributed by atoms with van der Waals surface area (Å²) in [6.07, 6.45) is -4.68. The topological polar surface area (TPSA) is 91.2 Å². The van der Waals surface area contributed by atoms with E-state index in [2.05, 4.69) is 14.7 Å². The highest BCUT2D eigenvalue weighted by Gasteiger charge is 2.38. The molecule has 2 aromatic rings. The van der Waals surface area contributed by atoms with Crippen LogP contribution >= 0.6 is 0 Å². The van der Waals surface area contributed by atoms with Gasteiger partial charge in [-0.25, -0.2) is 0 Å². The Kier molecular flexibility index (Phi) is 3.59. The van der Waals surface area contributed by atoms with E-state index < -0.39 is 18.0 Å². The van der Waals surface area contributed by atoms with Crippen LogP contribution in [0.15, 0.2) is 28.8 Å². The third-order valence-electron chi connectivity index (χ3n) is 2.16. The van der Waals surface area contributed by atoms with Crippen LogP contribution in [0.1, 0.15) is 5.89 Å². The first-order valence-corrected chi connectivity index (χ1v) is 5.28. The number of aromatic nitrogens is 2. The second-order valence-electron chi connectivity index (χ2n) is 3.70. The van der Waals surface area contributed by atoms with Crippen LogP contribution in [0.4, 0.5) is 13.2 Å². The van der Waals surface area contributed by atoms with Gasteiger partial charge in [-0.05, 0) is 24.3 Å². The zero-order valence-corrected chi connectivity index (χ0v) is 9.85. The molecule has 106 valence electrons. The number of hydrogen-bond donors (Lipinski definition) is 1. The molecule has 0 fully saturated rings. The van der Waals surface area contributed by atoms with Gasteiger partial charge in [-0.15, -0.1) is 0 Å². The van der Waals surface area contributed by atoms with Gasteiger partial charge in [-0.1, -0.05) is 5.16 Å². The zero-order chi connectivity index (χ0) is 14.8. The molecule has 0 atom stereocenters. The molecule has 0 spiro atoms. The Balaban J connectivity index is 2.14. The molecule has 0 unspecified atom stereocenters. The van der Waals surface area contributed by atoms with Crippen LogP contribution < -0.4 is 10.5 Å². The molecule has 0 radical (unpaired) electrons. The normalized spacial score (nSPS) is 11.3. The molecule has 0 aliphatic rings. The predicted octanol–water partition coefficient (Wildman–Crippen LogP) is 1.62. The Morgan fingerprint density at radius 1 is 1.30 bits per heavy atom. The quantitative estimate of drug-likeness (QED) is 0.922. The summed E-state index contributed by atoms with van der Waals surface area (Å²) in [4.78, 5) is 13.8. The van der Waals surface area contributed by atoms with Gasteiger partial charge >= 0.3 is 12.1 Å². The number of nitrogens with two attached hydrogens (primary N) is 1. The minimum Gasteiger partial charge on any atom is -0.484 e. The van der Waals surface area contributed by atoms with Crippen molar-refractivity contribution >= 4 is 5.91 Å². The highest BCUT2D eigenvalue weighted by molar-refractivity contribution is 5.75. The molecule has 0 bridgehead atoms. The number of amides is 1. The number of alkyl halides is 3. The lowest BCUT2D eigenvalue weighted by Gasteiger charge is -2.03. The summed E-state index contributed by atoms with van der Waals surface area (Å²) >= 11 is 0. The van der Waals surface area contributed by atoms with Gasteiger partial charge in [0, 0.05) is 5.56 Å².